The summed E-state index contributed by atoms with van der Waals surface area (Å²) in [6, 6.07) is 26.5. The van der Waals surface area contributed by atoms with E-state index >= 15 is 0 Å². The van der Waals surface area contributed by atoms with Gasteiger partial charge in [-0.2, -0.15) is 0 Å². The van der Waals surface area contributed by atoms with Crippen molar-refractivity contribution in [3.63, 3.8) is 0 Å². The molecule has 1 atom stereocenters. The summed E-state index contributed by atoms with van der Waals surface area (Å²) >= 11 is 12.6. The highest BCUT2D eigenvalue weighted by Gasteiger charge is 2.32. The molecule has 0 saturated carbocycles. The highest BCUT2D eigenvalue weighted by atomic mass is 35.5. The van der Waals surface area contributed by atoms with Crippen molar-refractivity contribution in [2.24, 2.45) is 0 Å². The van der Waals surface area contributed by atoms with E-state index in [2.05, 4.69) is 4.98 Å². The van der Waals surface area contributed by atoms with Crippen molar-refractivity contribution in [1.29, 1.82) is 0 Å². The minimum absolute atomic E-state index is 0.510. The molecule has 0 amide bonds. The zero-order chi connectivity index (χ0) is 24.6. The van der Waals surface area contributed by atoms with Crippen LogP contribution >= 0.6 is 23.2 Å². The Morgan fingerprint density at radius 3 is 1.91 bits per heavy atom. The third-order valence-corrected chi connectivity index (χ3v) is 6.07. The van der Waals surface area contributed by atoms with E-state index < -0.39 is 13.4 Å². The Balaban J connectivity index is 1.64. The van der Waals surface area contributed by atoms with Gasteiger partial charge in [0.05, 0.1) is 5.69 Å². The third-order valence-electron chi connectivity index (χ3n) is 5.25. The number of hydrogen-bond acceptors (Lipinski definition) is 4. The van der Waals surface area contributed by atoms with E-state index in [4.69, 9.17) is 37.2 Å². The summed E-state index contributed by atoms with van der Waals surface area (Å²) in [5.41, 5.74) is 3.63. The molecule has 4 aromatic rings. The van der Waals surface area contributed by atoms with E-state index in [1.807, 2.05) is 98.8 Å². The molecule has 4 rings (SSSR count). The van der Waals surface area contributed by atoms with E-state index in [0.29, 0.717) is 27.2 Å². The SMILES string of the molecule is Cc1ccc(OB(Oc2ccc(C)c(Cl)c2)OC(/C=C\c2ccccc2)c2ccccn2)cc1Cl. The molecule has 1 heterocycles. The molecule has 35 heavy (non-hydrogen) atoms. The average Bonchev–Trinajstić information content (AvgIpc) is 2.87. The minimum atomic E-state index is -1.11. The van der Waals surface area contributed by atoms with Crippen LogP contribution in [0.5, 0.6) is 11.5 Å². The molecule has 4 nitrogen and oxygen atoms in total. The third kappa shape index (κ3) is 7.12. The standard InChI is InChI=1S/C28H24BCl2NO3/c1-20-11-14-23(18-25(20)30)33-29(34-24-15-12-21(2)26(31)19-24)35-28(27-10-6-7-17-32-27)16-13-22-8-4-3-5-9-22/h3-19,28H,1-2H3/b16-13-. The van der Waals surface area contributed by atoms with Gasteiger partial charge >= 0.3 is 7.32 Å². The molecule has 0 fully saturated rings. The van der Waals surface area contributed by atoms with Crippen molar-refractivity contribution in [1.82, 2.24) is 4.98 Å². The normalized spacial score (nSPS) is 11.9. The molecule has 176 valence electrons. The first-order valence-electron chi connectivity index (χ1n) is 11.1. The molecule has 0 radical (unpaired) electrons. The summed E-state index contributed by atoms with van der Waals surface area (Å²) in [7, 11) is -1.11. The highest BCUT2D eigenvalue weighted by molar-refractivity contribution is 6.39. The largest absolute Gasteiger partial charge is 0.788 e. The number of halogens is 2. The van der Waals surface area contributed by atoms with Crippen LogP contribution in [0.4, 0.5) is 0 Å². The van der Waals surface area contributed by atoms with E-state index in [1.165, 1.54) is 0 Å². The quantitative estimate of drug-likeness (QED) is 0.217. The Bertz CT molecular complexity index is 1230. The van der Waals surface area contributed by atoms with Gasteiger partial charge in [-0.05, 0) is 66.9 Å². The first kappa shape index (κ1) is 24.9. The lowest BCUT2D eigenvalue weighted by atomic mass is 10.1. The van der Waals surface area contributed by atoms with Gasteiger partial charge in [0.25, 0.3) is 0 Å². The summed E-state index contributed by atoms with van der Waals surface area (Å²) in [5, 5.41) is 1.18. The first-order valence-corrected chi connectivity index (χ1v) is 11.9. The lowest BCUT2D eigenvalue weighted by molar-refractivity contribution is 0.159. The molecule has 0 bridgehead atoms. The van der Waals surface area contributed by atoms with Gasteiger partial charge in [-0.1, -0.05) is 83.9 Å². The molecule has 0 spiro atoms. The fourth-order valence-electron chi connectivity index (χ4n) is 3.24. The molecular weight excluding hydrogens is 480 g/mol. The summed E-state index contributed by atoms with van der Waals surface area (Å²) in [6.07, 6.45) is 5.06. The maximum Gasteiger partial charge on any atom is 0.788 e. The summed E-state index contributed by atoms with van der Waals surface area (Å²) in [5.74, 6) is 1.02. The van der Waals surface area contributed by atoms with Gasteiger partial charge < -0.3 is 14.0 Å². The molecule has 1 unspecified atom stereocenters. The molecule has 1 aromatic heterocycles. The van der Waals surface area contributed by atoms with Crippen LogP contribution in [-0.2, 0) is 4.65 Å². The maximum absolute atomic E-state index is 6.33. The van der Waals surface area contributed by atoms with Crippen LogP contribution in [0, 0.1) is 13.8 Å². The predicted molar refractivity (Wildman–Crippen MR) is 143 cm³/mol. The van der Waals surface area contributed by atoms with Gasteiger partial charge in [-0.25, -0.2) is 0 Å². The minimum Gasteiger partial charge on any atom is -0.501 e. The van der Waals surface area contributed by atoms with Crippen LogP contribution in [-0.4, -0.2) is 12.3 Å². The Kier molecular flexibility index (Phi) is 8.48. The van der Waals surface area contributed by atoms with Crippen LogP contribution < -0.4 is 9.31 Å². The molecule has 0 N–H and O–H groups in total. The summed E-state index contributed by atoms with van der Waals surface area (Å²) in [6.45, 7) is 3.85. The number of benzene rings is 3. The maximum atomic E-state index is 6.33. The molecule has 0 saturated heterocycles. The number of nitrogens with zero attached hydrogens (tertiary/aromatic N) is 1. The molecule has 7 heteroatoms. The lowest BCUT2D eigenvalue weighted by Gasteiger charge is -2.21. The van der Waals surface area contributed by atoms with E-state index in [-0.39, 0.29) is 0 Å². The molecule has 0 aliphatic rings. The van der Waals surface area contributed by atoms with Gasteiger partial charge in [0.2, 0.25) is 0 Å². The highest BCUT2D eigenvalue weighted by Crippen LogP contribution is 2.27. The molecule has 3 aromatic carbocycles. The summed E-state index contributed by atoms with van der Waals surface area (Å²) < 4.78 is 18.5. The van der Waals surface area contributed by atoms with E-state index in [9.17, 15) is 0 Å². The van der Waals surface area contributed by atoms with Crippen molar-refractivity contribution in [3.8, 4) is 11.5 Å². The van der Waals surface area contributed by atoms with Crippen LogP contribution in [0.1, 0.15) is 28.5 Å². The van der Waals surface area contributed by atoms with Gasteiger partial charge in [0.15, 0.2) is 0 Å². The van der Waals surface area contributed by atoms with Crippen LogP contribution in [0.2, 0.25) is 10.0 Å². The topological polar surface area (TPSA) is 40.6 Å². The first-order chi connectivity index (χ1) is 17.0. The number of rotatable bonds is 9. The number of aromatic nitrogens is 1. The second-order valence-electron chi connectivity index (χ2n) is 7.93. The summed E-state index contributed by atoms with van der Waals surface area (Å²) in [4.78, 5) is 4.48. The Morgan fingerprint density at radius 2 is 1.37 bits per heavy atom. The van der Waals surface area contributed by atoms with E-state index in [0.717, 1.165) is 16.7 Å². The monoisotopic (exact) mass is 503 g/mol. The lowest BCUT2D eigenvalue weighted by Crippen LogP contribution is -2.35. The molecule has 0 aliphatic carbocycles. The van der Waals surface area contributed by atoms with Crippen LogP contribution in [0.3, 0.4) is 0 Å². The van der Waals surface area contributed by atoms with Gasteiger partial charge in [0.1, 0.15) is 17.6 Å². The Labute approximate surface area is 216 Å². The van der Waals surface area contributed by atoms with Crippen molar-refractivity contribution in [2.75, 3.05) is 0 Å². The van der Waals surface area contributed by atoms with Crippen molar-refractivity contribution in [2.45, 2.75) is 20.0 Å². The molecular formula is C28H24BCl2NO3. The smallest absolute Gasteiger partial charge is 0.501 e. The van der Waals surface area contributed by atoms with Gasteiger partial charge in [-0.15, -0.1) is 0 Å². The van der Waals surface area contributed by atoms with Gasteiger partial charge in [0, 0.05) is 16.2 Å². The number of hydrogen-bond donors (Lipinski definition) is 0. The Morgan fingerprint density at radius 1 is 0.771 bits per heavy atom. The zero-order valence-electron chi connectivity index (χ0n) is 19.4. The number of pyridine rings is 1. The zero-order valence-corrected chi connectivity index (χ0v) is 20.9. The molecule has 0 aliphatic heterocycles. The Hall–Kier alpha value is -3.25. The van der Waals surface area contributed by atoms with Crippen molar-refractivity contribution in [3.05, 3.63) is 130 Å². The van der Waals surface area contributed by atoms with E-state index in [1.54, 1.807) is 18.3 Å². The number of aryl methyl sites for hydroxylation is 2. The van der Waals surface area contributed by atoms with Crippen molar-refractivity contribution >= 4 is 36.6 Å². The predicted octanol–water partition coefficient (Wildman–Crippen LogP) is 7.92. The second-order valence-corrected chi connectivity index (χ2v) is 8.74. The fraction of sp³-hybridized carbons (Fsp3) is 0.107. The van der Waals surface area contributed by atoms with Gasteiger partial charge in [-0.3, -0.25) is 4.98 Å². The van der Waals surface area contributed by atoms with Crippen molar-refractivity contribution < 1.29 is 14.0 Å². The van der Waals surface area contributed by atoms with Crippen LogP contribution in [0.15, 0.2) is 97.2 Å². The van der Waals surface area contributed by atoms with Crippen LogP contribution in [0.25, 0.3) is 6.08 Å². The fourth-order valence-corrected chi connectivity index (χ4v) is 3.58. The second kappa shape index (κ2) is 11.9. The average molecular weight is 504 g/mol.